The van der Waals surface area contributed by atoms with Gasteiger partial charge >= 0.3 is 0 Å². The number of hydrogen-bond acceptors (Lipinski definition) is 4. The van der Waals surface area contributed by atoms with Gasteiger partial charge in [-0.15, -0.1) is 0 Å². The topological polar surface area (TPSA) is 36.9 Å². The van der Waals surface area contributed by atoms with Gasteiger partial charge in [-0.3, -0.25) is 0 Å². The van der Waals surface area contributed by atoms with Crippen molar-refractivity contribution in [3.05, 3.63) is 12.2 Å². The van der Waals surface area contributed by atoms with E-state index in [9.17, 15) is 0 Å². The molecule has 0 amide bonds. The lowest BCUT2D eigenvalue weighted by Gasteiger charge is -2.41. The Labute approximate surface area is 121 Å². The quantitative estimate of drug-likeness (QED) is 0.727. The van der Waals surface area contributed by atoms with Crippen LogP contribution in [0.4, 0.5) is 0 Å². The highest BCUT2D eigenvalue weighted by Crippen LogP contribution is 2.41. The Morgan fingerprint density at radius 3 is 2.95 bits per heavy atom. The zero-order valence-electron chi connectivity index (χ0n) is 12.5. The summed E-state index contributed by atoms with van der Waals surface area (Å²) in [5.74, 6) is 0.119. The van der Waals surface area contributed by atoms with E-state index < -0.39 is 5.79 Å². The molecule has 3 rings (SSSR count). The van der Waals surface area contributed by atoms with Crippen molar-refractivity contribution in [3.63, 3.8) is 0 Å². The lowest BCUT2D eigenvalue weighted by molar-refractivity contribution is -0.274. The Morgan fingerprint density at radius 1 is 1.35 bits per heavy atom. The van der Waals surface area contributed by atoms with Crippen LogP contribution in [-0.4, -0.2) is 44.4 Å². The minimum Gasteiger partial charge on any atom is -0.376 e. The Balaban J connectivity index is 1.57. The van der Waals surface area contributed by atoms with Crippen LogP contribution in [0, 0.1) is 5.92 Å². The Kier molecular flexibility index (Phi) is 4.46. The van der Waals surface area contributed by atoms with E-state index >= 15 is 0 Å². The molecule has 0 aromatic carbocycles. The summed E-state index contributed by atoms with van der Waals surface area (Å²) in [6.07, 6.45) is 9.94. The number of allylic oxidation sites excluding steroid dienone is 2. The van der Waals surface area contributed by atoms with Crippen LogP contribution in [0.15, 0.2) is 12.2 Å². The summed E-state index contributed by atoms with van der Waals surface area (Å²) in [6.45, 7) is 3.54. The smallest absolute Gasteiger partial charge is 0.195 e. The molecule has 3 aliphatic rings. The van der Waals surface area contributed by atoms with E-state index in [1.54, 1.807) is 7.11 Å². The van der Waals surface area contributed by atoms with Crippen LogP contribution in [0.3, 0.4) is 0 Å². The largest absolute Gasteiger partial charge is 0.376 e. The average Bonchev–Trinajstić information content (AvgIpc) is 2.89. The summed E-state index contributed by atoms with van der Waals surface area (Å²) >= 11 is 0. The predicted octanol–water partition coefficient (Wildman–Crippen LogP) is 2.67. The molecule has 1 aliphatic carbocycles. The van der Waals surface area contributed by atoms with Crippen molar-refractivity contribution in [2.24, 2.45) is 5.92 Å². The highest BCUT2D eigenvalue weighted by Gasteiger charge is 2.54. The minimum absolute atomic E-state index is 0.0255. The van der Waals surface area contributed by atoms with Gasteiger partial charge in [-0.25, -0.2) is 0 Å². The highest BCUT2D eigenvalue weighted by atomic mass is 16.8. The maximum absolute atomic E-state index is 6.16. The molecule has 20 heavy (non-hydrogen) atoms. The Morgan fingerprint density at radius 2 is 2.25 bits per heavy atom. The summed E-state index contributed by atoms with van der Waals surface area (Å²) < 4.78 is 23.8. The van der Waals surface area contributed by atoms with Gasteiger partial charge in [0, 0.05) is 20.0 Å². The average molecular weight is 282 g/mol. The van der Waals surface area contributed by atoms with Crippen LogP contribution in [-0.2, 0) is 18.9 Å². The third-order valence-corrected chi connectivity index (χ3v) is 4.90. The van der Waals surface area contributed by atoms with Crippen LogP contribution in [0.2, 0.25) is 0 Å². The van der Waals surface area contributed by atoms with E-state index in [-0.39, 0.29) is 18.3 Å². The standard InChI is InChI=1S/C16H26O4/c1-3-16-15(17-2)9-13(14(20-16)11-19-16)18-10-12-7-5-4-6-8-12/h4-5,12-15H,3,6-11H2,1-2H3/t12?,13-,14+,15+,16+/m0/s1. The molecular weight excluding hydrogens is 256 g/mol. The number of rotatable bonds is 5. The van der Waals surface area contributed by atoms with Crippen molar-refractivity contribution in [3.8, 4) is 0 Å². The van der Waals surface area contributed by atoms with Gasteiger partial charge in [0.25, 0.3) is 0 Å². The van der Waals surface area contributed by atoms with Crippen molar-refractivity contribution in [2.75, 3.05) is 20.3 Å². The zero-order valence-corrected chi connectivity index (χ0v) is 12.5. The van der Waals surface area contributed by atoms with Gasteiger partial charge in [0.15, 0.2) is 5.79 Å². The van der Waals surface area contributed by atoms with E-state index in [0.717, 1.165) is 25.9 Å². The molecule has 4 nitrogen and oxygen atoms in total. The molecule has 1 unspecified atom stereocenters. The van der Waals surface area contributed by atoms with Crippen molar-refractivity contribution >= 4 is 0 Å². The van der Waals surface area contributed by atoms with Crippen LogP contribution < -0.4 is 0 Å². The van der Waals surface area contributed by atoms with Gasteiger partial charge in [0.1, 0.15) is 12.2 Å². The van der Waals surface area contributed by atoms with Crippen molar-refractivity contribution in [1.82, 2.24) is 0 Å². The van der Waals surface area contributed by atoms with E-state index in [1.807, 2.05) is 0 Å². The SMILES string of the molecule is CC[C@@]12OC[C@@H](O1)[C@@H](OCC1CC=CCC1)C[C@H]2OC. The molecule has 0 radical (unpaired) electrons. The fourth-order valence-corrected chi connectivity index (χ4v) is 3.57. The molecule has 4 heteroatoms. The maximum atomic E-state index is 6.16. The van der Waals surface area contributed by atoms with Crippen LogP contribution in [0.1, 0.15) is 39.0 Å². The molecule has 2 fully saturated rings. The van der Waals surface area contributed by atoms with Crippen molar-refractivity contribution < 1.29 is 18.9 Å². The third kappa shape index (κ3) is 2.67. The molecule has 0 spiro atoms. The first-order valence-electron chi connectivity index (χ1n) is 7.88. The van der Waals surface area contributed by atoms with Gasteiger partial charge < -0.3 is 18.9 Å². The van der Waals surface area contributed by atoms with Gasteiger partial charge in [-0.1, -0.05) is 19.1 Å². The summed E-state index contributed by atoms with van der Waals surface area (Å²) in [4.78, 5) is 0. The van der Waals surface area contributed by atoms with Crippen molar-refractivity contribution in [1.29, 1.82) is 0 Å². The van der Waals surface area contributed by atoms with E-state index in [1.165, 1.54) is 12.8 Å². The molecule has 2 heterocycles. The first kappa shape index (κ1) is 14.5. The minimum atomic E-state index is -0.535. The maximum Gasteiger partial charge on any atom is 0.195 e. The summed E-state index contributed by atoms with van der Waals surface area (Å²) in [5, 5.41) is 0. The lowest BCUT2D eigenvalue weighted by Crippen LogP contribution is -2.52. The van der Waals surface area contributed by atoms with Gasteiger partial charge in [-0.2, -0.15) is 0 Å². The van der Waals surface area contributed by atoms with E-state index in [2.05, 4.69) is 19.1 Å². The van der Waals surface area contributed by atoms with Crippen LogP contribution >= 0.6 is 0 Å². The molecule has 2 saturated heterocycles. The number of fused-ring (bicyclic) bond motifs is 2. The molecule has 2 bridgehead atoms. The fourth-order valence-electron chi connectivity index (χ4n) is 3.57. The van der Waals surface area contributed by atoms with Gasteiger partial charge in [0.2, 0.25) is 0 Å². The zero-order chi connectivity index (χ0) is 14.0. The number of hydrogen-bond donors (Lipinski definition) is 0. The Hall–Kier alpha value is -0.420. The number of ether oxygens (including phenoxy) is 4. The molecular formula is C16H26O4. The molecule has 114 valence electrons. The van der Waals surface area contributed by atoms with Gasteiger partial charge in [0.05, 0.1) is 19.3 Å². The molecule has 2 aliphatic heterocycles. The predicted molar refractivity (Wildman–Crippen MR) is 75.5 cm³/mol. The second-order valence-corrected chi connectivity index (χ2v) is 6.12. The first-order chi connectivity index (χ1) is 9.77. The third-order valence-electron chi connectivity index (χ3n) is 4.90. The van der Waals surface area contributed by atoms with E-state index in [0.29, 0.717) is 12.5 Å². The van der Waals surface area contributed by atoms with Crippen molar-refractivity contribution in [2.45, 2.75) is 63.1 Å². The number of methoxy groups -OCH3 is 1. The van der Waals surface area contributed by atoms with Crippen LogP contribution in [0.25, 0.3) is 0 Å². The van der Waals surface area contributed by atoms with Gasteiger partial charge in [-0.05, 0) is 25.2 Å². The second kappa shape index (κ2) is 6.14. The monoisotopic (exact) mass is 282 g/mol. The molecule has 0 aromatic rings. The molecule has 0 saturated carbocycles. The molecule has 0 aromatic heterocycles. The second-order valence-electron chi connectivity index (χ2n) is 6.12. The summed E-state index contributed by atoms with van der Waals surface area (Å²) in [5.41, 5.74) is 0. The highest BCUT2D eigenvalue weighted by molar-refractivity contribution is 4.97. The fraction of sp³-hybridized carbons (Fsp3) is 0.875. The lowest BCUT2D eigenvalue weighted by atomic mass is 9.94. The normalized spacial score (nSPS) is 43.9. The van der Waals surface area contributed by atoms with E-state index in [4.69, 9.17) is 18.9 Å². The molecule has 5 atom stereocenters. The summed E-state index contributed by atoms with van der Waals surface area (Å²) in [6, 6.07) is 0. The molecule has 0 N–H and O–H groups in total. The van der Waals surface area contributed by atoms with Crippen LogP contribution in [0.5, 0.6) is 0 Å². The Bertz CT molecular complexity index is 356. The summed E-state index contributed by atoms with van der Waals surface area (Å²) in [7, 11) is 1.73. The first-order valence-corrected chi connectivity index (χ1v) is 7.88.